The third kappa shape index (κ3) is 5.62. The maximum Gasteiger partial charge on any atom is 0.160 e. The molecule has 10 rings (SSSR count). The Morgan fingerprint density at radius 1 is 0.481 bits per heavy atom. The Balaban J connectivity index is 1.13. The van der Waals surface area contributed by atoms with Gasteiger partial charge in [0.2, 0.25) is 0 Å². The second-order valence-corrected chi connectivity index (χ2v) is 13.9. The van der Waals surface area contributed by atoms with E-state index in [1.54, 1.807) is 0 Å². The molecule has 0 bridgehead atoms. The van der Waals surface area contributed by atoms with Crippen molar-refractivity contribution < 1.29 is 0 Å². The van der Waals surface area contributed by atoms with E-state index in [4.69, 9.17) is 24.9 Å². The first-order valence-electron chi connectivity index (χ1n) is 18.6. The molecule has 4 heterocycles. The normalized spacial score (nSPS) is 12.1. The average molecular weight is 694 g/mol. The highest BCUT2D eigenvalue weighted by Gasteiger charge is 2.25. The average Bonchev–Trinajstić information content (AvgIpc) is 3.25. The fraction of sp³-hybridized carbons (Fsp3) is 0.0816. The Bertz CT molecular complexity index is 2870. The number of pyridine rings is 3. The number of benzene rings is 5. The lowest BCUT2D eigenvalue weighted by atomic mass is 9.85. The summed E-state index contributed by atoms with van der Waals surface area (Å²) in [7, 11) is 0. The van der Waals surface area contributed by atoms with Gasteiger partial charge in [0.1, 0.15) is 0 Å². The molecule has 9 aromatic rings. The van der Waals surface area contributed by atoms with Crippen molar-refractivity contribution in [3.8, 4) is 67.7 Å². The van der Waals surface area contributed by atoms with E-state index in [-0.39, 0.29) is 0 Å². The van der Waals surface area contributed by atoms with Crippen LogP contribution in [0.1, 0.15) is 23.7 Å². The standard InChI is InChI=1S/C49H35N5/c1-2-37-29-42(40-22-9-15-31-12-6-7-20-38(31)40)41-25-23-34-24-26-43(52-47(34)48(41)51-37)45-30-44(32-13-4-3-5-14-32)53-49(54-45)36-18-8-17-35(28-36)39-21-10-16-33-19-11-27-50-46(33)39/h3-22,24,26-30H,2,23,25H2,1H3. The molecule has 0 N–H and O–H groups in total. The summed E-state index contributed by atoms with van der Waals surface area (Å²) in [6, 6.07) is 53.1. The van der Waals surface area contributed by atoms with Crippen LogP contribution in [-0.4, -0.2) is 24.9 Å². The van der Waals surface area contributed by atoms with E-state index < -0.39 is 0 Å². The zero-order valence-electron chi connectivity index (χ0n) is 29.9. The highest BCUT2D eigenvalue weighted by molar-refractivity contribution is 5.98. The number of aromatic nitrogens is 5. The van der Waals surface area contributed by atoms with Crippen LogP contribution in [0.5, 0.6) is 0 Å². The van der Waals surface area contributed by atoms with Crippen LogP contribution in [0.2, 0.25) is 0 Å². The van der Waals surface area contributed by atoms with Gasteiger partial charge in [-0.05, 0) is 88.2 Å². The molecule has 256 valence electrons. The fourth-order valence-corrected chi connectivity index (χ4v) is 7.88. The zero-order valence-corrected chi connectivity index (χ0v) is 29.9. The van der Waals surface area contributed by atoms with Gasteiger partial charge in [0.05, 0.1) is 34.0 Å². The Morgan fingerprint density at radius 2 is 1.22 bits per heavy atom. The summed E-state index contributed by atoms with van der Waals surface area (Å²) in [4.78, 5) is 25.8. The molecular formula is C49H35N5. The van der Waals surface area contributed by atoms with Crippen molar-refractivity contribution in [1.29, 1.82) is 0 Å². The summed E-state index contributed by atoms with van der Waals surface area (Å²) in [5.74, 6) is 0.644. The topological polar surface area (TPSA) is 64.5 Å². The number of nitrogens with zero attached hydrogens (tertiary/aromatic N) is 5. The Kier molecular flexibility index (Phi) is 7.84. The summed E-state index contributed by atoms with van der Waals surface area (Å²) in [6.07, 6.45) is 4.50. The summed E-state index contributed by atoms with van der Waals surface area (Å²) in [5.41, 5.74) is 15.4. The molecule has 54 heavy (non-hydrogen) atoms. The first-order valence-corrected chi connectivity index (χ1v) is 18.6. The third-order valence-corrected chi connectivity index (χ3v) is 10.6. The highest BCUT2D eigenvalue weighted by Crippen LogP contribution is 2.41. The van der Waals surface area contributed by atoms with Gasteiger partial charge >= 0.3 is 0 Å². The number of para-hydroxylation sites is 1. The van der Waals surface area contributed by atoms with Crippen molar-refractivity contribution >= 4 is 21.7 Å². The lowest BCUT2D eigenvalue weighted by molar-refractivity contribution is 0.901. The van der Waals surface area contributed by atoms with Crippen molar-refractivity contribution in [2.75, 3.05) is 0 Å². The Hall–Kier alpha value is -6.85. The predicted molar refractivity (Wildman–Crippen MR) is 220 cm³/mol. The van der Waals surface area contributed by atoms with Gasteiger partial charge in [-0.1, -0.05) is 128 Å². The predicted octanol–water partition coefficient (Wildman–Crippen LogP) is 11.6. The van der Waals surface area contributed by atoms with Crippen molar-refractivity contribution in [2.24, 2.45) is 0 Å². The summed E-state index contributed by atoms with van der Waals surface area (Å²) in [5, 5.41) is 3.60. The molecule has 5 nitrogen and oxygen atoms in total. The second kappa shape index (κ2) is 13.3. The number of fused-ring (bicyclic) bond motifs is 5. The molecule has 0 aliphatic heterocycles. The van der Waals surface area contributed by atoms with Gasteiger partial charge < -0.3 is 0 Å². The SMILES string of the molecule is CCc1cc(-c2cccc3ccccc23)c2c(n1)-c1nc(-c3cc(-c4ccccc4)nc(-c4cccc(-c5cccc6cccnc56)c4)n3)ccc1CC2. The van der Waals surface area contributed by atoms with Gasteiger partial charge in [0.25, 0.3) is 0 Å². The molecule has 0 atom stereocenters. The van der Waals surface area contributed by atoms with E-state index in [0.29, 0.717) is 5.82 Å². The quantitative estimate of drug-likeness (QED) is 0.173. The highest BCUT2D eigenvalue weighted by atomic mass is 14.9. The lowest BCUT2D eigenvalue weighted by Gasteiger charge is -2.23. The first-order chi connectivity index (χ1) is 26.7. The molecule has 0 saturated carbocycles. The summed E-state index contributed by atoms with van der Waals surface area (Å²) >= 11 is 0. The van der Waals surface area contributed by atoms with Crippen LogP contribution in [0.3, 0.4) is 0 Å². The molecule has 5 aromatic carbocycles. The number of hydrogen-bond acceptors (Lipinski definition) is 5. The molecule has 4 aromatic heterocycles. The molecular weight excluding hydrogens is 659 g/mol. The van der Waals surface area contributed by atoms with Gasteiger partial charge in [-0.3, -0.25) is 9.97 Å². The van der Waals surface area contributed by atoms with Crippen LogP contribution in [0, 0.1) is 0 Å². The summed E-state index contributed by atoms with van der Waals surface area (Å²) in [6.45, 7) is 2.18. The van der Waals surface area contributed by atoms with Gasteiger partial charge in [-0.25, -0.2) is 15.0 Å². The maximum absolute atomic E-state index is 5.41. The van der Waals surface area contributed by atoms with Crippen molar-refractivity contribution in [1.82, 2.24) is 24.9 Å². The van der Waals surface area contributed by atoms with Crippen LogP contribution in [0.15, 0.2) is 158 Å². The number of hydrogen-bond donors (Lipinski definition) is 0. The molecule has 0 radical (unpaired) electrons. The van der Waals surface area contributed by atoms with Crippen molar-refractivity contribution in [2.45, 2.75) is 26.2 Å². The van der Waals surface area contributed by atoms with Gasteiger partial charge in [0, 0.05) is 34.0 Å². The first kappa shape index (κ1) is 31.9. The van der Waals surface area contributed by atoms with Gasteiger partial charge in [-0.2, -0.15) is 0 Å². The van der Waals surface area contributed by atoms with E-state index in [1.165, 1.54) is 33.0 Å². The van der Waals surface area contributed by atoms with Gasteiger partial charge in [-0.15, -0.1) is 0 Å². The Labute approximate surface area is 314 Å². The molecule has 0 amide bonds. The largest absolute Gasteiger partial charge is 0.256 e. The van der Waals surface area contributed by atoms with Crippen LogP contribution >= 0.6 is 0 Å². The van der Waals surface area contributed by atoms with Crippen LogP contribution in [-0.2, 0) is 19.3 Å². The van der Waals surface area contributed by atoms with Crippen LogP contribution in [0.4, 0.5) is 0 Å². The monoisotopic (exact) mass is 693 g/mol. The van der Waals surface area contributed by atoms with Crippen LogP contribution in [0.25, 0.3) is 89.4 Å². The van der Waals surface area contributed by atoms with E-state index in [2.05, 4.69) is 134 Å². The molecule has 0 saturated heterocycles. The molecule has 0 unspecified atom stereocenters. The molecule has 0 fully saturated rings. The lowest BCUT2D eigenvalue weighted by Crippen LogP contribution is -2.11. The fourth-order valence-electron chi connectivity index (χ4n) is 7.88. The minimum absolute atomic E-state index is 0.644. The molecule has 5 heteroatoms. The number of aryl methyl sites for hydroxylation is 2. The minimum atomic E-state index is 0.644. The third-order valence-electron chi connectivity index (χ3n) is 10.6. The summed E-state index contributed by atoms with van der Waals surface area (Å²) < 4.78 is 0. The zero-order chi connectivity index (χ0) is 36.0. The smallest absolute Gasteiger partial charge is 0.160 e. The van der Waals surface area contributed by atoms with E-state index in [1.807, 2.05) is 30.5 Å². The molecule has 0 spiro atoms. The molecule has 1 aliphatic carbocycles. The molecule has 1 aliphatic rings. The minimum Gasteiger partial charge on any atom is -0.256 e. The van der Waals surface area contributed by atoms with E-state index in [9.17, 15) is 0 Å². The second-order valence-electron chi connectivity index (χ2n) is 13.9. The van der Waals surface area contributed by atoms with Crippen molar-refractivity contribution in [3.05, 3.63) is 175 Å². The Morgan fingerprint density at radius 3 is 2.13 bits per heavy atom. The maximum atomic E-state index is 5.41. The number of rotatable bonds is 6. The van der Waals surface area contributed by atoms with Crippen molar-refractivity contribution in [3.63, 3.8) is 0 Å². The van der Waals surface area contributed by atoms with Gasteiger partial charge in [0.15, 0.2) is 5.82 Å². The van der Waals surface area contributed by atoms with E-state index in [0.717, 1.165) is 86.6 Å². The van der Waals surface area contributed by atoms with Crippen LogP contribution < -0.4 is 0 Å². The van der Waals surface area contributed by atoms with E-state index >= 15 is 0 Å².